The third kappa shape index (κ3) is 8.35. The maximum atomic E-state index is 11.0. The molecule has 8 nitrogen and oxygen atoms in total. The van der Waals surface area contributed by atoms with E-state index in [1.807, 2.05) is 0 Å². The molecule has 0 aliphatic heterocycles. The maximum Gasteiger partial charge on any atom is 0.397 e. The molecule has 0 bridgehead atoms. The molecule has 0 heterocycles. The lowest BCUT2D eigenvalue weighted by Gasteiger charge is -2.04. The molecule has 0 fully saturated rings. The summed E-state index contributed by atoms with van der Waals surface area (Å²) in [5, 5.41) is 0. The van der Waals surface area contributed by atoms with Gasteiger partial charge in [0.2, 0.25) is 0 Å². The van der Waals surface area contributed by atoms with Crippen molar-refractivity contribution in [2.75, 3.05) is 12.9 Å². The summed E-state index contributed by atoms with van der Waals surface area (Å²) in [6.45, 7) is 1.44. The van der Waals surface area contributed by atoms with Crippen LogP contribution >= 0.6 is 0 Å². The Morgan fingerprint density at radius 1 is 1.20 bits per heavy atom. The minimum atomic E-state index is -4.17. The molecule has 0 aromatic heterocycles. The van der Waals surface area contributed by atoms with Gasteiger partial charge in [-0.15, -0.1) is 0 Å². The lowest BCUT2D eigenvalue weighted by atomic mass is 10.4. The van der Waals surface area contributed by atoms with Crippen LogP contribution in [0.3, 0.4) is 0 Å². The minimum absolute atomic E-state index is 0.0289. The van der Waals surface area contributed by atoms with Crippen molar-refractivity contribution < 1.29 is 34.3 Å². The number of benzene rings is 1. The smallest absolute Gasteiger partial charge is 0.397 e. The van der Waals surface area contributed by atoms with E-state index in [0.717, 1.165) is 6.26 Å². The fourth-order valence-electron chi connectivity index (χ4n) is 0.947. The molecule has 0 saturated carbocycles. The van der Waals surface area contributed by atoms with Crippen molar-refractivity contribution in [2.45, 2.75) is 16.7 Å². The highest BCUT2D eigenvalue weighted by molar-refractivity contribution is 7.90. The third-order valence-corrected chi connectivity index (χ3v) is 4.03. The van der Waals surface area contributed by atoms with Crippen molar-refractivity contribution in [1.82, 2.24) is 0 Å². The predicted molar refractivity (Wildman–Crippen MR) is 69.9 cm³/mol. The molecule has 1 unspecified atom stereocenters. The number of rotatable bonds is 4. The average Bonchev–Trinajstić information content (AvgIpc) is 2.27. The van der Waals surface area contributed by atoms with Crippen LogP contribution in [0.15, 0.2) is 34.1 Å². The Hall–Kier alpha value is -0.850. The molecule has 1 N–H and O–H groups in total. The lowest BCUT2D eigenvalue weighted by Crippen LogP contribution is -2.01. The Kier molecular flexibility index (Phi) is 7.47. The standard InChI is InChI=1S/C7H8O4S2.C2H6O4S/c1-13(10,11)7-4-2-6(3-5-7)12(8)9;1-2-6-7(3,4)5/h2-5H,1H3,(H,8,9);2H2,1H3,(H,3,4,5)/p-1. The van der Waals surface area contributed by atoms with Gasteiger partial charge in [-0.3, -0.25) is 8.76 Å². The summed E-state index contributed by atoms with van der Waals surface area (Å²) in [5.41, 5.74) is 0. The van der Waals surface area contributed by atoms with Crippen LogP contribution in [-0.2, 0) is 35.5 Å². The number of sulfone groups is 1. The Morgan fingerprint density at radius 2 is 1.65 bits per heavy atom. The van der Waals surface area contributed by atoms with Crippen molar-refractivity contribution in [1.29, 1.82) is 0 Å². The van der Waals surface area contributed by atoms with Crippen molar-refractivity contribution in [3.63, 3.8) is 0 Å². The largest absolute Gasteiger partial charge is 0.768 e. The molecule has 1 aromatic carbocycles. The van der Waals surface area contributed by atoms with Gasteiger partial charge >= 0.3 is 10.4 Å². The summed E-state index contributed by atoms with van der Waals surface area (Å²) in [5.74, 6) is 0. The summed E-state index contributed by atoms with van der Waals surface area (Å²) in [4.78, 5) is 0.189. The van der Waals surface area contributed by atoms with E-state index < -0.39 is 31.3 Å². The van der Waals surface area contributed by atoms with Crippen LogP contribution in [0.1, 0.15) is 6.92 Å². The predicted octanol–water partition coefficient (Wildman–Crippen LogP) is 0.154. The quantitative estimate of drug-likeness (QED) is 0.601. The molecule has 1 aromatic rings. The zero-order valence-corrected chi connectivity index (χ0v) is 13.0. The van der Waals surface area contributed by atoms with Crippen LogP contribution in [0.25, 0.3) is 0 Å². The molecule has 0 radical (unpaired) electrons. The van der Waals surface area contributed by atoms with E-state index in [9.17, 15) is 25.6 Å². The van der Waals surface area contributed by atoms with E-state index in [2.05, 4.69) is 4.18 Å². The van der Waals surface area contributed by atoms with Gasteiger partial charge in [-0.25, -0.2) is 12.6 Å². The molecule has 0 aliphatic rings. The van der Waals surface area contributed by atoms with Crippen LogP contribution in [0.4, 0.5) is 0 Å². The van der Waals surface area contributed by atoms with Crippen LogP contribution in [0, 0.1) is 0 Å². The first-order chi connectivity index (χ1) is 8.97. The van der Waals surface area contributed by atoms with Gasteiger partial charge in [0, 0.05) is 11.2 Å². The zero-order chi connectivity index (χ0) is 16.0. The summed E-state index contributed by atoms with van der Waals surface area (Å²) in [7, 11) is -7.42. The van der Waals surface area contributed by atoms with E-state index in [-0.39, 0.29) is 16.4 Å². The molecule has 1 rings (SSSR count). The molecule has 0 amide bonds. The van der Waals surface area contributed by atoms with E-state index in [4.69, 9.17) is 4.55 Å². The summed E-state index contributed by atoms with van der Waals surface area (Å²) in [6, 6.07) is 5.03. The molecule has 0 spiro atoms. The van der Waals surface area contributed by atoms with Gasteiger partial charge in [-0.05, 0) is 42.3 Å². The van der Waals surface area contributed by atoms with Gasteiger partial charge in [0.15, 0.2) is 9.84 Å². The normalized spacial score (nSPS) is 13.2. The molecular formula is C9H13O8S3-. The highest BCUT2D eigenvalue weighted by atomic mass is 32.3. The van der Waals surface area contributed by atoms with Crippen LogP contribution in [0.5, 0.6) is 0 Å². The SMILES string of the molecule is CCOS(=O)(=O)O.CS(=O)(=O)c1ccc(S(=O)[O-])cc1. The van der Waals surface area contributed by atoms with Gasteiger partial charge in [0.1, 0.15) is 0 Å². The summed E-state index contributed by atoms with van der Waals surface area (Å²) in [6.07, 6.45) is 1.07. The summed E-state index contributed by atoms with van der Waals surface area (Å²) < 4.78 is 73.4. The highest BCUT2D eigenvalue weighted by Gasteiger charge is 2.05. The lowest BCUT2D eigenvalue weighted by molar-refractivity contribution is 0.283. The second-order valence-corrected chi connectivity index (χ2v) is 7.36. The minimum Gasteiger partial charge on any atom is -0.768 e. The Bertz CT molecular complexity index is 645. The number of hydrogen-bond donors (Lipinski definition) is 1. The van der Waals surface area contributed by atoms with E-state index in [1.165, 1.54) is 31.2 Å². The highest BCUT2D eigenvalue weighted by Crippen LogP contribution is 2.11. The fourth-order valence-corrected chi connectivity index (χ4v) is 2.23. The first kappa shape index (κ1) is 19.1. The van der Waals surface area contributed by atoms with Crippen LogP contribution in [-0.4, -0.2) is 43.0 Å². The average molecular weight is 345 g/mol. The van der Waals surface area contributed by atoms with Gasteiger partial charge in [-0.1, -0.05) is 0 Å². The van der Waals surface area contributed by atoms with E-state index in [0.29, 0.717) is 0 Å². The monoisotopic (exact) mass is 345 g/mol. The van der Waals surface area contributed by atoms with Gasteiger partial charge in [0.25, 0.3) is 0 Å². The fraction of sp³-hybridized carbons (Fsp3) is 0.333. The third-order valence-electron chi connectivity index (χ3n) is 1.71. The Morgan fingerprint density at radius 3 is 1.85 bits per heavy atom. The molecule has 0 aliphatic carbocycles. The van der Waals surface area contributed by atoms with Crippen molar-refractivity contribution in [2.24, 2.45) is 0 Å². The Labute approximate surface area is 119 Å². The molecule has 1 atom stereocenters. The number of hydrogen-bond acceptors (Lipinski definition) is 7. The molecule has 116 valence electrons. The topological polar surface area (TPSA) is 138 Å². The van der Waals surface area contributed by atoms with Crippen LogP contribution < -0.4 is 0 Å². The van der Waals surface area contributed by atoms with Gasteiger partial charge in [0.05, 0.1) is 11.5 Å². The second kappa shape index (κ2) is 7.81. The van der Waals surface area contributed by atoms with E-state index in [1.54, 1.807) is 0 Å². The first-order valence-corrected chi connectivity index (χ1v) is 9.31. The van der Waals surface area contributed by atoms with E-state index >= 15 is 0 Å². The van der Waals surface area contributed by atoms with Gasteiger partial charge in [-0.2, -0.15) is 8.42 Å². The molecule has 11 heteroatoms. The molecule has 0 saturated heterocycles. The Balaban J connectivity index is 0.000000441. The maximum absolute atomic E-state index is 11.0. The van der Waals surface area contributed by atoms with Gasteiger partial charge < -0.3 is 4.55 Å². The van der Waals surface area contributed by atoms with Crippen molar-refractivity contribution >= 4 is 31.3 Å². The first-order valence-electron chi connectivity index (χ1n) is 4.98. The molecule has 20 heavy (non-hydrogen) atoms. The van der Waals surface area contributed by atoms with Crippen LogP contribution in [0.2, 0.25) is 0 Å². The zero-order valence-electron chi connectivity index (χ0n) is 10.5. The summed E-state index contributed by atoms with van der Waals surface area (Å²) >= 11 is -2.31. The second-order valence-electron chi connectivity index (χ2n) is 3.31. The molecular weight excluding hydrogens is 332 g/mol. The van der Waals surface area contributed by atoms with Crippen molar-refractivity contribution in [3.8, 4) is 0 Å². The van der Waals surface area contributed by atoms with Crippen molar-refractivity contribution in [3.05, 3.63) is 24.3 Å².